The normalized spacial score (nSPS) is 25.3. The molecule has 0 spiro atoms. The first kappa shape index (κ1) is 12.0. The van der Waals surface area contributed by atoms with Crippen molar-refractivity contribution >= 4 is 0 Å². The Morgan fingerprint density at radius 3 is 2.79 bits per heavy atom. The highest BCUT2D eigenvalue weighted by Gasteiger charge is 2.19. The van der Waals surface area contributed by atoms with Crippen LogP contribution in [0.25, 0.3) is 0 Å². The van der Waals surface area contributed by atoms with Gasteiger partial charge in [-0.3, -0.25) is 0 Å². The molecule has 2 atom stereocenters. The molecule has 0 saturated carbocycles. The Balaban J connectivity index is 2.29. The molecule has 0 bridgehead atoms. The van der Waals surface area contributed by atoms with Crippen LogP contribution < -0.4 is 5.32 Å². The lowest BCUT2D eigenvalue weighted by Gasteiger charge is -2.30. The summed E-state index contributed by atoms with van der Waals surface area (Å²) in [5.41, 5.74) is 0. The fourth-order valence-corrected chi connectivity index (χ4v) is 1.99. The highest BCUT2D eigenvalue weighted by Crippen LogP contribution is 2.13. The lowest BCUT2D eigenvalue weighted by atomic mass is 10.0. The molecule has 1 heterocycles. The number of morpholine rings is 1. The van der Waals surface area contributed by atoms with Gasteiger partial charge in [-0.1, -0.05) is 13.3 Å². The van der Waals surface area contributed by atoms with Crippen LogP contribution in [0.3, 0.4) is 0 Å². The first-order valence-electron chi connectivity index (χ1n) is 5.72. The average Bonchev–Trinajstić information content (AvgIpc) is 2.18. The van der Waals surface area contributed by atoms with E-state index in [1.165, 1.54) is 12.8 Å². The maximum absolute atomic E-state index is 5.72. The van der Waals surface area contributed by atoms with Crippen LogP contribution in [0.2, 0.25) is 0 Å². The number of rotatable bonds is 5. The van der Waals surface area contributed by atoms with Gasteiger partial charge in [0.2, 0.25) is 0 Å². The molecule has 0 aliphatic carbocycles. The molecule has 1 N–H and O–H groups in total. The predicted octanol–water partition coefficient (Wildman–Crippen LogP) is 1.10. The molecule has 3 nitrogen and oxygen atoms in total. The van der Waals surface area contributed by atoms with E-state index in [-0.39, 0.29) is 0 Å². The Morgan fingerprint density at radius 2 is 2.29 bits per heavy atom. The van der Waals surface area contributed by atoms with Gasteiger partial charge < -0.3 is 15.0 Å². The lowest BCUT2D eigenvalue weighted by molar-refractivity contribution is 0.00827. The van der Waals surface area contributed by atoms with E-state index < -0.39 is 0 Å². The minimum atomic E-state index is 0.419. The van der Waals surface area contributed by atoms with Crippen LogP contribution in [0, 0.1) is 0 Å². The van der Waals surface area contributed by atoms with Gasteiger partial charge in [0.1, 0.15) is 0 Å². The average molecular weight is 200 g/mol. The van der Waals surface area contributed by atoms with Gasteiger partial charge in [0.25, 0.3) is 0 Å². The third-order valence-corrected chi connectivity index (χ3v) is 2.89. The van der Waals surface area contributed by atoms with Gasteiger partial charge in [-0.15, -0.1) is 0 Å². The van der Waals surface area contributed by atoms with Gasteiger partial charge in [-0.05, 0) is 26.9 Å². The molecule has 1 fully saturated rings. The van der Waals surface area contributed by atoms with Crippen molar-refractivity contribution in [1.29, 1.82) is 0 Å². The molecule has 1 aliphatic rings. The Kier molecular flexibility index (Phi) is 5.45. The fourth-order valence-electron chi connectivity index (χ4n) is 1.99. The molecule has 0 amide bonds. The zero-order chi connectivity index (χ0) is 10.4. The van der Waals surface area contributed by atoms with Gasteiger partial charge in [0.05, 0.1) is 12.7 Å². The van der Waals surface area contributed by atoms with Gasteiger partial charge in [-0.25, -0.2) is 0 Å². The molecule has 84 valence electrons. The van der Waals surface area contributed by atoms with Gasteiger partial charge in [-0.2, -0.15) is 0 Å². The molecule has 1 saturated heterocycles. The van der Waals surface area contributed by atoms with Crippen molar-refractivity contribution in [3.8, 4) is 0 Å². The summed E-state index contributed by atoms with van der Waals surface area (Å²) < 4.78 is 5.72. The number of hydrogen-bond donors (Lipinski definition) is 1. The zero-order valence-electron chi connectivity index (χ0n) is 9.75. The molecule has 0 aromatic carbocycles. The van der Waals surface area contributed by atoms with Crippen molar-refractivity contribution in [2.75, 3.05) is 33.8 Å². The van der Waals surface area contributed by atoms with E-state index in [1.807, 2.05) is 0 Å². The lowest BCUT2D eigenvalue weighted by Crippen LogP contribution is -2.42. The summed E-state index contributed by atoms with van der Waals surface area (Å²) >= 11 is 0. The van der Waals surface area contributed by atoms with Crippen LogP contribution in [-0.2, 0) is 4.74 Å². The number of ether oxygens (including phenoxy) is 1. The van der Waals surface area contributed by atoms with Crippen molar-refractivity contribution in [2.24, 2.45) is 0 Å². The third kappa shape index (κ3) is 3.95. The van der Waals surface area contributed by atoms with E-state index in [0.717, 1.165) is 26.1 Å². The van der Waals surface area contributed by atoms with E-state index in [9.17, 15) is 0 Å². The summed E-state index contributed by atoms with van der Waals surface area (Å²) in [6.45, 7) is 5.15. The van der Waals surface area contributed by atoms with Crippen LogP contribution in [0.1, 0.15) is 26.2 Å². The highest BCUT2D eigenvalue weighted by atomic mass is 16.5. The summed E-state index contributed by atoms with van der Waals surface area (Å²) in [5, 5.41) is 3.38. The first-order valence-corrected chi connectivity index (χ1v) is 5.72. The molecule has 2 unspecified atom stereocenters. The summed E-state index contributed by atoms with van der Waals surface area (Å²) in [5.74, 6) is 0. The zero-order valence-corrected chi connectivity index (χ0v) is 9.75. The van der Waals surface area contributed by atoms with Crippen LogP contribution in [0.15, 0.2) is 0 Å². The number of hydrogen-bond acceptors (Lipinski definition) is 3. The Hall–Kier alpha value is -0.120. The second-order valence-corrected chi connectivity index (χ2v) is 4.34. The van der Waals surface area contributed by atoms with Crippen LogP contribution in [0.4, 0.5) is 0 Å². The van der Waals surface area contributed by atoms with Gasteiger partial charge in [0.15, 0.2) is 0 Å². The molecular formula is C11H24N2O. The number of nitrogens with zero attached hydrogens (tertiary/aromatic N) is 1. The minimum Gasteiger partial charge on any atom is -0.376 e. The van der Waals surface area contributed by atoms with E-state index in [4.69, 9.17) is 4.74 Å². The smallest absolute Gasteiger partial charge is 0.0715 e. The minimum absolute atomic E-state index is 0.419. The van der Waals surface area contributed by atoms with E-state index in [2.05, 4.69) is 31.2 Å². The molecule has 3 heteroatoms. The Morgan fingerprint density at radius 1 is 1.50 bits per heavy atom. The molecule has 1 rings (SSSR count). The Bertz CT molecular complexity index is 144. The fraction of sp³-hybridized carbons (Fsp3) is 1.00. The molecule has 1 aliphatic heterocycles. The topological polar surface area (TPSA) is 24.5 Å². The van der Waals surface area contributed by atoms with E-state index in [0.29, 0.717) is 12.1 Å². The molecule has 14 heavy (non-hydrogen) atoms. The third-order valence-electron chi connectivity index (χ3n) is 2.89. The van der Waals surface area contributed by atoms with Gasteiger partial charge >= 0.3 is 0 Å². The van der Waals surface area contributed by atoms with Gasteiger partial charge in [0, 0.05) is 19.1 Å². The maximum atomic E-state index is 5.72. The second kappa shape index (κ2) is 6.38. The van der Waals surface area contributed by atoms with Crippen LogP contribution >= 0.6 is 0 Å². The predicted molar refractivity (Wildman–Crippen MR) is 59.6 cm³/mol. The number of nitrogens with one attached hydrogen (secondary N) is 1. The van der Waals surface area contributed by atoms with Crippen LogP contribution in [0.5, 0.6) is 0 Å². The van der Waals surface area contributed by atoms with E-state index >= 15 is 0 Å². The summed E-state index contributed by atoms with van der Waals surface area (Å²) in [6, 6.07) is 0.671. The summed E-state index contributed by atoms with van der Waals surface area (Å²) in [6.07, 6.45) is 4.10. The van der Waals surface area contributed by atoms with E-state index in [1.54, 1.807) is 0 Å². The standard InChI is InChI=1S/C11H24N2O/c1-4-5-10(13(2)3)8-11-9-12-6-7-14-11/h10-12H,4-9H2,1-3H3. The second-order valence-electron chi connectivity index (χ2n) is 4.34. The Labute approximate surface area is 87.8 Å². The van der Waals surface area contributed by atoms with Crippen molar-refractivity contribution in [3.63, 3.8) is 0 Å². The summed E-state index contributed by atoms with van der Waals surface area (Å²) in [4.78, 5) is 2.32. The molecule has 0 aromatic rings. The van der Waals surface area contributed by atoms with Crippen molar-refractivity contribution in [1.82, 2.24) is 10.2 Å². The van der Waals surface area contributed by atoms with Crippen molar-refractivity contribution in [3.05, 3.63) is 0 Å². The molecular weight excluding hydrogens is 176 g/mol. The van der Waals surface area contributed by atoms with Crippen LogP contribution in [-0.4, -0.2) is 50.8 Å². The SMILES string of the molecule is CCCC(CC1CNCCO1)N(C)C. The largest absolute Gasteiger partial charge is 0.376 e. The van der Waals surface area contributed by atoms with Crippen molar-refractivity contribution in [2.45, 2.75) is 38.3 Å². The summed E-state index contributed by atoms with van der Waals surface area (Å²) in [7, 11) is 4.33. The first-order chi connectivity index (χ1) is 6.74. The quantitative estimate of drug-likeness (QED) is 0.719. The molecule has 0 radical (unpaired) electrons. The molecule has 0 aromatic heterocycles. The highest BCUT2D eigenvalue weighted by molar-refractivity contribution is 4.75. The maximum Gasteiger partial charge on any atom is 0.0715 e. The van der Waals surface area contributed by atoms with Crippen molar-refractivity contribution < 1.29 is 4.74 Å². The monoisotopic (exact) mass is 200 g/mol.